The van der Waals surface area contributed by atoms with Crippen LogP contribution in [0.2, 0.25) is 0 Å². The summed E-state index contributed by atoms with van der Waals surface area (Å²) in [4.78, 5) is 13.6. The fraction of sp³-hybridized carbons (Fsp3) is 0.533. The Morgan fingerprint density at radius 2 is 2.00 bits per heavy atom. The molecule has 0 atom stereocenters. The first-order valence-corrected chi connectivity index (χ1v) is 6.85. The molecule has 2 rings (SSSR count). The van der Waals surface area contributed by atoms with Gasteiger partial charge in [-0.15, -0.1) is 0 Å². The molecule has 1 saturated heterocycles. The van der Waals surface area contributed by atoms with Gasteiger partial charge >= 0.3 is 0 Å². The van der Waals surface area contributed by atoms with Gasteiger partial charge in [0.25, 0.3) is 0 Å². The highest BCUT2D eigenvalue weighted by Crippen LogP contribution is 2.29. The standard InChI is InChI=1S/C15H20FNO2/c16-14-5-2-1-4-13(14)12-7-9-17(10-8-12)15(19)6-3-11-18/h1-2,4-5,12,18H,3,6-11H2. The Labute approximate surface area is 113 Å². The molecule has 1 amide bonds. The number of halogens is 1. The third-order valence-corrected chi connectivity index (χ3v) is 3.74. The van der Waals surface area contributed by atoms with Gasteiger partial charge in [0.1, 0.15) is 5.82 Å². The fourth-order valence-electron chi connectivity index (χ4n) is 2.63. The number of hydrogen-bond donors (Lipinski definition) is 1. The monoisotopic (exact) mass is 265 g/mol. The second kappa shape index (κ2) is 6.66. The molecule has 1 aromatic carbocycles. The Bertz CT molecular complexity index is 428. The largest absolute Gasteiger partial charge is 0.396 e. The number of aliphatic hydroxyl groups is 1. The first-order valence-electron chi connectivity index (χ1n) is 6.85. The lowest BCUT2D eigenvalue weighted by Crippen LogP contribution is -2.38. The van der Waals surface area contributed by atoms with Crippen LogP contribution in [0, 0.1) is 5.82 Å². The summed E-state index contributed by atoms with van der Waals surface area (Å²) in [6, 6.07) is 6.89. The minimum absolute atomic E-state index is 0.0530. The SMILES string of the molecule is O=C(CCCO)N1CCC(c2ccccc2F)CC1. The number of hydrogen-bond acceptors (Lipinski definition) is 2. The van der Waals surface area contributed by atoms with E-state index in [-0.39, 0.29) is 24.2 Å². The highest BCUT2D eigenvalue weighted by molar-refractivity contribution is 5.76. The molecular weight excluding hydrogens is 245 g/mol. The topological polar surface area (TPSA) is 40.5 Å². The summed E-state index contributed by atoms with van der Waals surface area (Å²) in [6.07, 6.45) is 2.55. The molecule has 104 valence electrons. The van der Waals surface area contributed by atoms with E-state index < -0.39 is 0 Å². The molecule has 1 N–H and O–H groups in total. The van der Waals surface area contributed by atoms with Crippen molar-refractivity contribution in [3.63, 3.8) is 0 Å². The molecule has 1 heterocycles. The van der Waals surface area contributed by atoms with Gasteiger partial charge in [-0.2, -0.15) is 0 Å². The quantitative estimate of drug-likeness (QED) is 0.907. The van der Waals surface area contributed by atoms with Crippen LogP contribution in [0.5, 0.6) is 0 Å². The maximum Gasteiger partial charge on any atom is 0.222 e. The van der Waals surface area contributed by atoms with Crippen LogP contribution in [0.4, 0.5) is 4.39 Å². The smallest absolute Gasteiger partial charge is 0.222 e. The van der Waals surface area contributed by atoms with Crippen molar-refractivity contribution < 1.29 is 14.3 Å². The van der Waals surface area contributed by atoms with E-state index in [1.807, 2.05) is 17.0 Å². The third-order valence-electron chi connectivity index (χ3n) is 3.74. The lowest BCUT2D eigenvalue weighted by atomic mass is 9.89. The van der Waals surface area contributed by atoms with E-state index in [0.29, 0.717) is 25.9 Å². The van der Waals surface area contributed by atoms with Crippen LogP contribution in [-0.2, 0) is 4.79 Å². The zero-order valence-electron chi connectivity index (χ0n) is 11.0. The molecule has 0 aliphatic carbocycles. The Morgan fingerprint density at radius 1 is 1.32 bits per heavy atom. The van der Waals surface area contributed by atoms with Crippen molar-refractivity contribution in [1.29, 1.82) is 0 Å². The van der Waals surface area contributed by atoms with Gasteiger partial charge in [-0.25, -0.2) is 4.39 Å². The molecule has 4 heteroatoms. The fourth-order valence-corrected chi connectivity index (χ4v) is 2.63. The maximum atomic E-state index is 13.7. The van der Waals surface area contributed by atoms with Crippen LogP contribution in [-0.4, -0.2) is 35.6 Å². The zero-order valence-corrected chi connectivity index (χ0v) is 11.0. The van der Waals surface area contributed by atoms with Crippen molar-refractivity contribution >= 4 is 5.91 Å². The van der Waals surface area contributed by atoms with E-state index in [2.05, 4.69) is 0 Å². The first kappa shape index (κ1) is 14.0. The van der Waals surface area contributed by atoms with E-state index in [9.17, 15) is 9.18 Å². The van der Waals surface area contributed by atoms with Crippen LogP contribution in [0.15, 0.2) is 24.3 Å². The highest BCUT2D eigenvalue weighted by atomic mass is 19.1. The molecule has 1 aromatic rings. The lowest BCUT2D eigenvalue weighted by molar-refractivity contribution is -0.132. The number of piperidine rings is 1. The molecule has 19 heavy (non-hydrogen) atoms. The number of rotatable bonds is 4. The first-order chi connectivity index (χ1) is 9.22. The molecule has 0 unspecified atom stereocenters. The van der Waals surface area contributed by atoms with Crippen LogP contribution in [0.25, 0.3) is 0 Å². The Balaban J connectivity index is 1.89. The molecule has 1 aliphatic heterocycles. The number of nitrogens with zero attached hydrogens (tertiary/aromatic N) is 1. The van der Waals surface area contributed by atoms with Crippen molar-refractivity contribution in [2.24, 2.45) is 0 Å². The van der Waals surface area contributed by atoms with E-state index >= 15 is 0 Å². The van der Waals surface area contributed by atoms with Crippen LogP contribution >= 0.6 is 0 Å². The van der Waals surface area contributed by atoms with Gasteiger partial charge in [0.05, 0.1) is 0 Å². The van der Waals surface area contributed by atoms with E-state index in [1.54, 1.807) is 6.07 Å². The van der Waals surface area contributed by atoms with E-state index in [0.717, 1.165) is 18.4 Å². The summed E-state index contributed by atoms with van der Waals surface area (Å²) in [6.45, 7) is 1.42. The molecule has 0 radical (unpaired) electrons. The Morgan fingerprint density at radius 3 is 2.63 bits per heavy atom. The van der Waals surface area contributed by atoms with E-state index in [1.165, 1.54) is 6.07 Å². The zero-order chi connectivity index (χ0) is 13.7. The highest BCUT2D eigenvalue weighted by Gasteiger charge is 2.24. The van der Waals surface area contributed by atoms with Gasteiger partial charge in [0, 0.05) is 26.1 Å². The molecule has 0 bridgehead atoms. The second-order valence-corrected chi connectivity index (χ2v) is 5.00. The summed E-state index contributed by atoms with van der Waals surface area (Å²) < 4.78 is 13.7. The summed E-state index contributed by atoms with van der Waals surface area (Å²) in [5.41, 5.74) is 0.768. The average Bonchev–Trinajstić information content (AvgIpc) is 2.45. The number of benzene rings is 1. The number of likely N-dealkylation sites (tertiary alicyclic amines) is 1. The second-order valence-electron chi connectivity index (χ2n) is 5.00. The summed E-state index contributed by atoms with van der Waals surface area (Å²) in [5.74, 6) is 0.164. The van der Waals surface area contributed by atoms with Crippen molar-refractivity contribution in [1.82, 2.24) is 4.90 Å². The minimum atomic E-state index is -0.146. The Kier molecular flexibility index (Phi) is 4.91. The average molecular weight is 265 g/mol. The van der Waals surface area contributed by atoms with Gasteiger partial charge in [-0.1, -0.05) is 18.2 Å². The normalized spacial score (nSPS) is 16.6. The lowest BCUT2D eigenvalue weighted by Gasteiger charge is -2.32. The Hall–Kier alpha value is -1.42. The summed E-state index contributed by atoms with van der Waals surface area (Å²) in [7, 11) is 0. The molecule has 3 nitrogen and oxygen atoms in total. The maximum absolute atomic E-state index is 13.7. The van der Waals surface area contributed by atoms with Crippen molar-refractivity contribution in [2.45, 2.75) is 31.6 Å². The van der Waals surface area contributed by atoms with Gasteiger partial charge in [-0.3, -0.25) is 4.79 Å². The number of carbonyl (C=O) groups excluding carboxylic acids is 1. The van der Waals surface area contributed by atoms with Gasteiger partial charge in [-0.05, 0) is 36.8 Å². The number of amides is 1. The molecule has 1 aliphatic rings. The molecule has 0 saturated carbocycles. The summed E-state index contributed by atoms with van der Waals surface area (Å²) >= 11 is 0. The number of aliphatic hydroxyl groups excluding tert-OH is 1. The predicted molar refractivity (Wildman–Crippen MR) is 71.3 cm³/mol. The van der Waals surface area contributed by atoms with Crippen molar-refractivity contribution in [2.75, 3.05) is 19.7 Å². The van der Waals surface area contributed by atoms with Crippen LogP contribution < -0.4 is 0 Å². The van der Waals surface area contributed by atoms with E-state index in [4.69, 9.17) is 5.11 Å². The van der Waals surface area contributed by atoms with Crippen molar-refractivity contribution in [3.05, 3.63) is 35.6 Å². The predicted octanol–water partition coefficient (Wildman–Crippen LogP) is 2.30. The third kappa shape index (κ3) is 3.53. The molecule has 1 fully saturated rings. The van der Waals surface area contributed by atoms with Crippen LogP contribution in [0.1, 0.15) is 37.2 Å². The molecule has 0 aromatic heterocycles. The van der Waals surface area contributed by atoms with Gasteiger partial charge in [0.15, 0.2) is 0 Å². The minimum Gasteiger partial charge on any atom is -0.396 e. The summed E-state index contributed by atoms with van der Waals surface area (Å²) in [5, 5.41) is 8.72. The van der Waals surface area contributed by atoms with Crippen LogP contribution in [0.3, 0.4) is 0 Å². The van der Waals surface area contributed by atoms with Gasteiger partial charge in [0.2, 0.25) is 5.91 Å². The van der Waals surface area contributed by atoms with Gasteiger partial charge < -0.3 is 10.0 Å². The molecule has 0 spiro atoms. The van der Waals surface area contributed by atoms with Crippen molar-refractivity contribution in [3.8, 4) is 0 Å². The number of carbonyl (C=O) groups is 1. The molecular formula is C15H20FNO2.